The van der Waals surface area contributed by atoms with Gasteiger partial charge in [0.05, 0.1) is 0 Å². The predicted molar refractivity (Wildman–Crippen MR) is 95.4 cm³/mol. The zero-order chi connectivity index (χ0) is 17.0. The van der Waals surface area contributed by atoms with Gasteiger partial charge < -0.3 is 15.3 Å². The van der Waals surface area contributed by atoms with E-state index >= 15 is 0 Å². The van der Waals surface area contributed by atoms with Crippen molar-refractivity contribution in [3.8, 4) is 5.75 Å². The summed E-state index contributed by atoms with van der Waals surface area (Å²) in [7, 11) is 3.95. The minimum Gasteiger partial charge on any atom is -0.508 e. The molecule has 0 spiro atoms. The van der Waals surface area contributed by atoms with E-state index in [1.54, 1.807) is 18.2 Å². The Morgan fingerprint density at radius 1 is 1.13 bits per heavy atom. The maximum absolute atomic E-state index is 12.4. The Labute approximate surface area is 137 Å². The fourth-order valence-electron chi connectivity index (χ4n) is 2.38. The standard InChI is InChI=1S/C19H24N2O2/c1-13(2)11-15-12-14(5-10-18(15)22)19(23)20-16-6-8-17(9-7-16)21(3)4/h5-10,12-13,22H,11H2,1-4H3,(H,20,23). The lowest BCUT2D eigenvalue weighted by Crippen LogP contribution is -2.13. The Morgan fingerprint density at radius 2 is 1.78 bits per heavy atom. The number of anilines is 2. The molecule has 0 saturated carbocycles. The molecule has 0 aliphatic rings. The molecule has 0 aromatic heterocycles. The Hall–Kier alpha value is -2.49. The Balaban J connectivity index is 2.14. The van der Waals surface area contributed by atoms with Crippen LogP contribution in [0, 0.1) is 5.92 Å². The Bertz CT molecular complexity index is 676. The topological polar surface area (TPSA) is 52.6 Å². The van der Waals surface area contributed by atoms with Crippen LogP contribution < -0.4 is 10.2 Å². The number of nitrogens with one attached hydrogen (secondary N) is 1. The summed E-state index contributed by atoms with van der Waals surface area (Å²) >= 11 is 0. The van der Waals surface area contributed by atoms with Crippen LogP contribution in [-0.4, -0.2) is 25.1 Å². The van der Waals surface area contributed by atoms with Crippen LogP contribution in [0.25, 0.3) is 0 Å². The number of phenolic OH excluding ortho intramolecular Hbond substituents is 1. The fraction of sp³-hybridized carbons (Fsp3) is 0.316. The quantitative estimate of drug-likeness (QED) is 0.880. The summed E-state index contributed by atoms with van der Waals surface area (Å²) in [5, 5.41) is 12.8. The molecule has 2 aromatic carbocycles. The van der Waals surface area contributed by atoms with Crippen molar-refractivity contribution in [2.75, 3.05) is 24.3 Å². The molecule has 1 amide bonds. The number of carbonyl (C=O) groups is 1. The van der Waals surface area contributed by atoms with Gasteiger partial charge in [0.15, 0.2) is 0 Å². The van der Waals surface area contributed by atoms with Crippen LogP contribution in [0.15, 0.2) is 42.5 Å². The zero-order valence-electron chi connectivity index (χ0n) is 14.1. The maximum Gasteiger partial charge on any atom is 0.255 e. The summed E-state index contributed by atoms with van der Waals surface area (Å²) in [6.07, 6.45) is 0.741. The monoisotopic (exact) mass is 312 g/mol. The number of hydrogen-bond donors (Lipinski definition) is 2. The van der Waals surface area contributed by atoms with Gasteiger partial charge in [-0.3, -0.25) is 4.79 Å². The van der Waals surface area contributed by atoms with Gasteiger partial charge in [0.25, 0.3) is 5.91 Å². The number of phenols is 1. The number of nitrogens with zero attached hydrogens (tertiary/aromatic N) is 1. The summed E-state index contributed by atoms with van der Waals surface area (Å²) in [6.45, 7) is 4.16. The van der Waals surface area contributed by atoms with Crippen molar-refractivity contribution in [1.29, 1.82) is 0 Å². The van der Waals surface area contributed by atoms with E-state index in [9.17, 15) is 9.90 Å². The second kappa shape index (κ2) is 7.18. The first-order chi connectivity index (χ1) is 10.9. The summed E-state index contributed by atoms with van der Waals surface area (Å²) in [4.78, 5) is 14.4. The highest BCUT2D eigenvalue weighted by molar-refractivity contribution is 6.04. The smallest absolute Gasteiger partial charge is 0.255 e. The Morgan fingerprint density at radius 3 is 2.35 bits per heavy atom. The van der Waals surface area contributed by atoms with Crippen LogP contribution >= 0.6 is 0 Å². The third kappa shape index (κ3) is 4.49. The molecule has 0 fully saturated rings. The van der Waals surface area contributed by atoms with Crippen LogP contribution in [0.1, 0.15) is 29.8 Å². The third-order valence-corrected chi connectivity index (χ3v) is 3.61. The van der Waals surface area contributed by atoms with Gasteiger partial charge in [-0.2, -0.15) is 0 Å². The number of rotatable bonds is 5. The van der Waals surface area contributed by atoms with Gasteiger partial charge in [-0.1, -0.05) is 13.8 Å². The highest BCUT2D eigenvalue weighted by Gasteiger charge is 2.11. The van der Waals surface area contributed by atoms with E-state index in [2.05, 4.69) is 19.2 Å². The fourth-order valence-corrected chi connectivity index (χ4v) is 2.38. The summed E-state index contributed by atoms with van der Waals surface area (Å²) < 4.78 is 0. The van der Waals surface area contributed by atoms with Gasteiger partial charge in [-0.05, 0) is 60.4 Å². The van der Waals surface area contributed by atoms with Crippen molar-refractivity contribution >= 4 is 17.3 Å². The van der Waals surface area contributed by atoms with Crippen molar-refractivity contribution in [2.45, 2.75) is 20.3 Å². The first-order valence-electron chi connectivity index (χ1n) is 7.77. The van der Waals surface area contributed by atoms with Crippen LogP contribution in [0.3, 0.4) is 0 Å². The lowest BCUT2D eigenvalue weighted by Gasteiger charge is -2.13. The molecule has 0 radical (unpaired) electrons. The molecule has 2 rings (SSSR count). The molecule has 0 aliphatic carbocycles. The highest BCUT2D eigenvalue weighted by Crippen LogP contribution is 2.23. The molecule has 0 aliphatic heterocycles. The van der Waals surface area contributed by atoms with Crippen molar-refractivity contribution in [1.82, 2.24) is 0 Å². The van der Waals surface area contributed by atoms with Crippen LogP contribution in [0.2, 0.25) is 0 Å². The summed E-state index contributed by atoms with van der Waals surface area (Å²) in [5.41, 5.74) is 3.18. The minimum atomic E-state index is -0.174. The molecule has 4 nitrogen and oxygen atoms in total. The van der Waals surface area contributed by atoms with Crippen LogP contribution in [-0.2, 0) is 6.42 Å². The lowest BCUT2D eigenvalue weighted by atomic mass is 9.99. The molecule has 0 unspecified atom stereocenters. The molecular formula is C19H24N2O2. The van der Waals surface area contributed by atoms with Crippen molar-refractivity contribution in [3.05, 3.63) is 53.6 Å². The number of benzene rings is 2. The van der Waals surface area contributed by atoms with Crippen molar-refractivity contribution in [2.24, 2.45) is 5.92 Å². The maximum atomic E-state index is 12.4. The summed E-state index contributed by atoms with van der Waals surface area (Å²) in [5.74, 6) is 0.482. The molecular weight excluding hydrogens is 288 g/mol. The number of hydrogen-bond acceptors (Lipinski definition) is 3. The van der Waals surface area contributed by atoms with E-state index in [4.69, 9.17) is 0 Å². The molecule has 0 saturated heterocycles. The van der Waals surface area contributed by atoms with E-state index in [0.29, 0.717) is 11.5 Å². The first kappa shape index (κ1) is 16.9. The van der Waals surface area contributed by atoms with Gasteiger partial charge in [0.1, 0.15) is 5.75 Å². The van der Waals surface area contributed by atoms with Crippen molar-refractivity contribution in [3.63, 3.8) is 0 Å². The zero-order valence-corrected chi connectivity index (χ0v) is 14.1. The van der Waals surface area contributed by atoms with Gasteiger partial charge in [0, 0.05) is 31.0 Å². The number of amides is 1. The van der Waals surface area contributed by atoms with Gasteiger partial charge in [0.2, 0.25) is 0 Å². The SMILES string of the molecule is CC(C)Cc1cc(C(=O)Nc2ccc(N(C)C)cc2)ccc1O. The molecule has 2 aromatic rings. The van der Waals surface area contributed by atoms with Gasteiger partial charge in [-0.25, -0.2) is 0 Å². The molecule has 2 N–H and O–H groups in total. The minimum absolute atomic E-state index is 0.174. The normalized spacial score (nSPS) is 10.7. The van der Waals surface area contributed by atoms with Crippen LogP contribution in [0.4, 0.5) is 11.4 Å². The van der Waals surface area contributed by atoms with E-state index < -0.39 is 0 Å². The van der Waals surface area contributed by atoms with E-state index in [1.165, 1.54) is 0 Å². The Kier molecular flexibility index (Phi) is 5.27. The molecule has 23 heavy (non-hydrogen) atoms. The second-order valence-electron chi connectivity index (χ2n) is 6.34. The van der Waals surface area contributed by atoms with Gasteiger partial charge in [-0.15, -0.1) is 0 Å². The second-order valence-corrected chi connectivity index (χ2v) is 6.34. The molecule has 0 heterocycles. The van der Waals surface area contributed by atoms with Crippen LogP contribution in [0.5, 0.6) is 5.75 Å². The molecule has 0 bridgehead atoms. The number of aromatic hydroxyl groups is 1. The lowest BCUT2D eigenvalue weighted by molar-refractivity contribution is 0.102. The van der Waals surface area contributed by atoms with Gasteiger partial charge >= 0.3 is 0 Å². The predicted octanol–water partition coefficient (Wildman–Crippen LogP) is 3.91. The van der Waals surface area contributed by atoms with E-state index in [1.807, 2.05) is 43.3 Å². The third-order valence-electron chi connectivity index (χ3n) is 3.61. The van der Waals surface area contributed by atoms with E-state index in [0.717, 1.165) is 23.4 Å². The average Bonchev–Trinajstić information content (AvgIpc) is 2.49. The summed E-state index contributed by atoms with van der Waals surface area (Å²) in [6, 6.07) is 12.7. The van der Waals surface area contributed by atoms with E-state index in [-0.39, 0.29) is 11.7 Å². The molecule has 0 atom stereocenters. The first-order valence-corrected chi connectivity index (χ1v) is 7.77. The van der Waals surface area contributed by atoms with Crippen molar-refractivity contribution < 1.29 is 9.90 Å². The molecule has 122 valence electrons. The largest absolute Gasteiger partial charge is 0.508 e. The average molecular weight is 312 g/mol. The number of carbonyl (C=O) groups excluding carboxylic acids is 1. The highest BCUT2D eigenvalue weighted by atomic mass is 16.3. The molecule has 4 heteroatoms.